The number of carboxylic acid groups (broad SMARTS) is 2. The van der Waals surface area contributed by atoms with E-state index < -0.39 is 46.6 Å². The number of thiazole rings is 1. The summed E-state index contributed by atoms with van der Waals surface area (Å²) in [5, 5.41) is 30.1. The number of nitrogen functional groups attached to an aromatic ring is 1. The predicted molar refractivity (Wildman–Crippen MR) is 173 cm³/mol. The number of nitrogens with two attached hydrogens (primary N) is 1. The maximum Gasteiger partial charge on any atom is 0.377 e. The van der Waals surface area contributed by atoms with Gasteiger partial charge in [-0.25, -0.2) is 19.3 Å². The summed E-state index contributed by atoms with van der Waals surface area (Å²) in [7, 11) is 2.48. The number of fused-ring (bicyclic) bond motifs is 1. The molecule has 4 rings (SSSR count). The maximum atomic E-state index is 13.1. The smallest absolute Gasteiger partial charge is 0.377 e. The molecule has 0 radical (unpaired) electrons. The summed E-state index contributed by atoms with van der Waals surface area (Å²) in [6, 6.07) is -1.05. The first-order valence-electron chi connectivity index (χ1n) is 13.7. The van der Waals surface area contributed by atoms with E-state index in [1.165, 1.54) is 24.3 Å². The van der Waals surface area contributed by atoms with Crippen molar-refractivity contribution < 1.29 is 43.8 Å². The highest BCUT2D eigenvalue weighted by atomic mass is 32.2. The molecule has 254 valence electrons. The molecular weight excluding hydrogens is 677 g/mol. The van der Waals surface area contributed by atoms with Crippen LogP contribution in [0.5, 0.6) is 0 Å². The van der Waals surface area contributed by atoms with Crippen LogP contribution in [0.3, 0.4) is 0 Å². The van der Waals surface area contributed by atoms with Crippen molar-refractivity contribution in [3.8, 4) is 0 Å². The first-order valence-corrected chi connectivity index (χ1v) is 16.5. The number of nitrogens with one attached hydrogen (secondary N) is 1. The number of esters is 1. The van der Waals surface area contributed by atoms with Crippen molar-refractivity contribution in [3.05, 3.63) is 39.7 Å². The van der Waals surface area contributed by atoms with E-state index in [4.69, 9.17) is 20.4 Å². The number of anilines is 1. The van der Waals surface area contributed by atoms with E-state index in [0.29, 0.717) is 28.6 Å². The fraction of sp³-hybridized carbons (Fsp3) is 0.444. The Kier molecular flexibility index (Phi) is 12.2. The number of thioether (sulfide) groups is 2. The Morgan fingerprint density at radius 3 is 2.38 bits per heavy atom. The first kappa shape index (κ1) is 37.0. The van der Waals surface area contributed by atoms with Crippen molar-refractivity contribution in [2.45, 2.75) is 57.2 Å². The van der Waals surface area contributed by atoms with Crippen molar-refractivity contribution >= 4 is 75.4 Å². The lowest BCUT2D eigenvalue weighted by Gasteiger charge is -2.49. The van der Waals surface area contributed by atoms with E-state index in [2.05, 4.69) is 32.1 Å². The number of carbonyl (C=O) groups is 5. The number of rotatable bonds is 11. The SMILES string of the molecule is C=C1S[C@@H]2[C@H](NC(=O)/C(=N\OC)c3csc(N)n3)C(=O)N2C(C(=O)O)=C1CSc1nc(C(=O)OC)nn1CCC.CC(C)(C)C(=O)O. The van der Waals surface area contributed by atoms with Gasteiger partial charge in [-0.1, -0.05) is 42.2 Å². The molecule has 0 bridgehead atoms. The molecule has 0 spiro atoms. The summed E-state index contributed by atoms with van der Waals surface area (Å²) in [5.41, 5.74) is 5.12. The fourth-order valence-electron chi connectivity index (χ4n) is 3.84. The number of β-lactam (4-membered cyclic amide) rings is 1. The molecule has 0 aromatic carbocycles. The zero-order chi connectivity index (χ0) is 35.2. The Morgan fingerprint density at radius 2 is 1.87 bits per heavy atom. The molecule has 0 aliphatic carbocycles. The Morgan fingerprint density at radius 1 is 1.21 bits per heavy atom. The molecule has 20 heteroatoms. The zero-order valence-electron chi connectivity index (χ0n) is 26.3. The number of nitrogens with zero attached hydrogens (tertiary/aromatic N) is 6. The minimum atomic E-state index is -1.33. The van der Waals surface area contributed by atoms with Gasteiger partial charge in [-0.15, -0.1) is 16.4 Å². The maximum absolute atomic E-state index is 13.1. The number of carbonyl (C=O) groups excluding carboxylic acids is 3. The van der Waals surface area contributed by atoms with Gasteiger partial charge in [-0.05, 0) is 27.2 Å². The Hall–Kier alpha value is -4.43. The van der Waals surface area contributed by atoms with Crippen LogP contribution in [0.2, 0.25) is 0 Å². The molecule has 1 fully saturated rings. The normalized spacial score (nSPS) is 17.7. The molecule has 2 aliphatic rings. The van der Waals surface area contributed by atoms with Gasteiger partial charge in [0.1, 0.15) is 29.9 Å². The molecule has 1 saturated heterocycles. The summed E-state index contributed by atoms with van der Waals surface area (Å²) < 4.78 is 6.23. The Bertz CT molecular complexity index is 1640. The van der Waals surface area contributed by atoms with Crippen LogP contribution in [0, 0.1) is 5.41 Å². The van der Waals surface area contributed by atoms with E-state index >= 15 is 0 Å². The predicted octanol–water partition coefficient (Wildman–Crippen LogP) is 2.03. The molecule has 47 heavy (non-hydrogen) atoms. The second-order valence-electron chi connectivity index (χ2n) is 10.7. The van der Waals surface area contributed by atoms with Gasteiger partial charge in [0.2, 0.25) is 0 Å². The number of aryl methyl sites for hydroxylation is 1. The highest BCUT2D eigenvalue weighted by Gasteiger charge is 2.55. The number of hydrogen-bond acceptors (Lipinski definition) is 15. The van der Waals surface area contributed by atoms with Gasteiger partial charge in [0.15, 0.2) is 16.0 Å². The van der Waals surface area contributed by atoms with Crippen molar-refractivity contribution in [1.29, 1.82) is 0 Å². The number of ether oxygens (including phenoxy) is 1. The van der Waals surface area contributed by atoms with Crippen molar-refractivity contribution in [1.82, 2.24) is 30.0 Å². The number of carboxylic acids is 2. The second-order valence-corrected chi connectivity index (χ2v) is 13.7. The van der Waals surface area contributed by atoms with Crippen LogP contribution in [-0.4, -0.2) is 102 Å². The van der Waals surface area contributed by atoms with Crippen LogP contribution in [0.1, 0.15) is 50.4 Å². The monoisotopic (exact) mass is 710 g/mol. The highest BCUT2D eigenvalue weighted by molar-refractivity contribution is 8.04. The number of hydrogen-bond donors (Lipinski definition) is 4. The zero-order valence-corrected chi connectivity index (χ0v) is 28.7. The lowest BCUT2D eigenvalue weighted by atomic mass is 9.98. The van der Waals surface area contributed by atoms with Crippen LogP contribution >= 0.6 is 34.9 Å². The molecule has 5 N–H and O–H groups in total. The fourth-order valence-corrected chi connectivity index (χ4v) is 6.73. The van der Waals surface area contributed by atoms with Crippen LogP contribution in [0.4, 0.5) is 5.13 Å². The number of methoxy groups -OCH3 is 1. The molecule has 2 amide bonds. The van der Waals surface area contributed by atoms with Gasteiger partial charge in [0.05, 0.1) is 12.5 Å². The van der Waals surface area contributed by atoms with Gasteiger partial charge >= 0.3 is 17.9 Å². The average Bonchev–Trinajstić information content (AvgIpc) is 3.62. The third-order valence-electron chi connectivity index (χ3n) is 6.25. The van der Waals surface area contributed by atoms with E-state index in [9.17, 15) is 29.1 Å². The van der Waals surface area contributed by atoms with Crippen molar-refractivity contribution in [2.75, 3.05) is 25.7 Å². The molecule has 2 aliphatic heterocycles. The molecule has 2 atom stereocenters. The summed E-state index contributed by atoms with van der Waals surface area (Å²) >= 11 is 3.40. The summed E-state index contributed by atoms with van der Waals surface area (Å²) in [4.78, 5) is 74.9. The lowest BCUT2D eigenvalue weighted by molar-refractivity contribution is -0.150. The van der Waals surface area contributed by atoms with Gasteiger partial charge in [-0.3, -0.25) is 19.3 Å². The number of oxime groups is 1. The average molecular weight is 711 g/mol. The molecule has 17 nitrogen and oxygen atoms in total. The van der Waals surface area contributed by atoms with E-state index in [-0.39, 0.29) is 33.8 Å². The topological polar surface area (TPSA) is 242 Å². The van der Waals surface area contributed by atoms with E-state index in [1.807, 2.05) is 6.92 Å². The van der Waals surface area contributed by atoms with Crippen LogP contribution in [0.15, 0.2) is 38.4 Å². The van der Waals surface area contributed by atoms with E-state index in [1.54, 1.807) is 20.8 Å². The van der Waals surface area contributed by atoms with Crippen LogP contribution < -0.4 is 11.1 Å². The Labute approximate surface area is 281 Å². The van der Waals surface area contributed by atoms with Crippen LogP contribution in [0.25, 0.3) is 0 Å². The van der Waals surface area contributed by atoms with Gasteiger partial charge in [-0.2, -0.15) is 4.98 Å². The minimum absolute atomic E-state index is 0.0832. The van der Waals surface area contributed by atoms with Gasteiger partial charge < -0.3 is 30.8 Å². The van der Waals surface area contributed by atoms with Gasteiger partial charge in [0.25, 0.3) is 17.6 Å². The van der Waals surface area contributed by atoms with Crippen LogP contribution in [-0.2, 0) is 35.3 Å². The minimum Gasteiger partial charge on any atom is -0.481 e. The number of allylic oxidation sites excluding steroid dienone is 1. The highest BCUT2D eigenvalue weighted by Crippen LogP contribution is 2.47. The summed E-state index contributed by atoms with van der Waals surface area (Å²) in [6.45, 7) is 11.4. The summed E-state index contributed by atoms with van der Waals surface area (Å²) in [6.07, 6.45) is 0.715. The summed E-state index contributed by atoms with van der Waals surface area (Å²) in [5.74, 6) is -4.17. The number of amides is 2. The van der Waals surface area contributed by atoms with Gasteiger partial charge in [0, 0.05) is 28.2 Å². The molecule has 0 unspecified atom stereocenters. The molecule has 2 aromatic heterocycles. The Balaban J connectivity index is 0.000000771. The third kappa shape index (κ3) is 8.49. The third-order valence-corrected chi connectivity index (χ3v) is 9.17. The lowest BCUT2D eigenvalue weighted by Crippen LogP contribution is -2.70. The molecule has 4 heterocycles. The van der Waals surface area contributed by atoms with Crippen molar-refractivity contribution in [2.24, 2.45) is 10.6 Å². The molecular formula is C27H34N8O9S3. The molecule has 2 aromatic rings. The quantitative estimate of drug-likeness (QED) is 0.0857. The van der Waals surface area contributed by atoms with E-state index in [0.717, 1.165) is 39.8 Å². The number of aliphatic carboxylic acids is 2. The molecule has 0 saturated carbocycles. The standard InChI is InChI=1S/C22H24N8O7S3.C5H10O2/c1-5-6-29-22(26-15(27-29)20(35)36-3)39-7-10-9(2)40-18-13(17(32)30(18)14(10)19(33)34)25-16(31)12(28-37-4)11-8-38-21(23)24-11;1-5(2,3)4(6)7/h8,13,18H,2,5-7H2,1,3-4H3,(H2,23,24)(H,25,31)(H,33,34);1-3H3,(H,6,7)/b28-12-;/t13-,18-;/m1./s1. The first-order chi connectivity index (χ1) is 22.0. The van der Waals surface area contributed by atoms with Crippen molar-refractivity contribution in [3.63, 3.8) is 0 Å². The second kappa shape index (κ2) is 15.4. The largest absolute Gasteiger partial charge is 0.481 e. The number of aromatic nitrogens is 4.